The molecule has 21 heavy (non-hydrogen) atoms. The number of hydrogen-bond donors (Lipinski definition) is 0. The lowest BCUT2D eigenvalue weighted by atomic mass is 10.3. The molecule has 0 aliphatic carbocycles. The van der Waals surface area contributed by atoms with Crippen LogP contribution in [0.3, 0.4) is 0 Å². The molecule has 1 fully saturated rings. The van der Waals surface area contributed by atoms with Crippen molar-refractivity contribution < 1.29 is 9.53 Å². The van der Waals surface area contributed by atoms with Gasteiger partial charge < -0.3 is 14.5 Å². The largest absolute Gasteiger partial charge is 0.450 e. The molecule has 1 aromatic rings. The highest BCUT2D eigenvalue weighted by Gasteiger charge is 2.19. The molecule has 0 atom stereocenters. The first kappa shape index (κ1) is 15.0. The van der Waals surface area contributed by atoms with E-state index in [4.69, 9.17) is 4.74 Å². The molecule has 1 saturated heterocycles. The number of benzene rings is 1. The quantitative estimate of drug-likeness (QED) is 0.800. The summed E-state index contributed by atoms with van der Waals surface area (Å²) in [5.74, 6) is 0. The van der Waals surface area contributed by atoms with Gasteiger partial charge in [-0.3, -0.25) is 0 Å². The molecule has 1 aliphatic rings. The van der Waals surface area contributed by atoms with Crippen LogP contribution in [0.2, 0.25) is 0 Å². The Balaban J connectivity index is 1.74. The van der Waals surface area contributed by atoms with Gasteiger partial charge >= 0.3 is 6.09 Å². The molecule has 0 N–H and O–H groups in total. The van der Waals surface area contributed by atoms with Crippen molar-refractivity contribution in [3.63, 3.8) is 0 Å². The molecule has 0 unspecified atom stereocenters. The lowest BCUT2D eigenvalue weighted by molar-refractivity contribution is 0.0890. The SMILES string of the molecule is CCOC(=O)N1CCN(/C=C/N=Nc2ccccc2)CC1. The van der Waals surface area contributed by atoms with Crippen LogP contribution >= 0.6 is 0 Å². The zero-order valence-electron chi connectivity index (χ0n) is 12.2. The molecular weight excluding hydrogens is 268 g/mol. The number of nitrogens with zero attached hydrogens (tertiary/aromatic N) is 4. The Morgan fingerprint density at radius 1 is 1.24 bits per heavy atom. The van der Waals surface area contributed by atoms with Crippen molar-refractivity contribution in [1.29, 1.82) is 0 Å². The molecule has 6 nitrogen and oxygen atoms in total. The van der Waals surface area contributed by atoms with E-state index in [-0.39, 0.29) is 6.09 Å². The van der Waals surface area contributed by atoms with Crippen molar-refractivity contribution in [2.75, 3.05) is 32.8 Å². The molecule has 1 heterocycles. The first-order chi connectivity index (χ1) is 10.3. The lowest BCUT2D eigenvalue weighted by Crippen LogP contribution is -2.46. The molecule has 6 heteroatoms. The van der Waals surface area contributed by atoms with E-state index in [1.54, 1.807) is 11.1 Å². The third-order valence-electron chi connectivity index (χ3n) is 3.11. The highest BCUT2D eigenvalue weighted by atomic mass is 16.6. The Kier molecular flexibility index (Phi) is 5.75. The Hall–Kier alpha value is -2.37. The average Bonchev–Trinajstić information content (AvgIpc) is 2.53. The standard InChI is InChI=1S/C15H20N4O2/c1-2-21-15(20)19-12-10-18(11-13-19)9-8-16-17-14-6-4-3-5-7-14/h3-9H,2,10-13H2,1H3/b9-8+,17-16?. The molecule has 2 rings (SSSR count). The Bertz CT molecular complexity index is 494. The van der Waals surface area contributed by atoms with E-state index in [0.717, 1.165) is 18.8 Å². The first-order valence-electron chi connectivity index (χ1n) is 7.08. The zero-order valence-corrected chi connectivity index (χ0v) is 12.2. The van der Waals surface area contributed by atoms with Crippen molar-refractivity contribution in [3.8, 4) is 0 Å². The minimum Gasteiger partial charge on any atom is -0.450 e. The third kappa shape index (κ3) is 4.91. The van der Waals surface area contributed by atoms with Gasteiger partial charge in [-0.2, -0.15) is 10.2 Å². The average molecular weight is 288 g/mol. The maximum absolute atomic E-state index is 11.6. The van der Waals surface area contributed by atoms with Crippen molar-refractivity contribution in [2.24, 2.45) is 10.2 Å². The molecule has 1 aliphatic heterocycles. The molecule has 0 spiro atoms. The predicted molar refractivity (Wildman–Crippen MR) is 80.3 cm³/mol. The first-order valence-corrected chi connectivity index (χ1v) is 7.08. The number of carbonyl (C=O) groups is 1. The second kappa shape index (κ2) is 8.04. The summed E-state index contributed by atoms with van der Waals surface area (Å²) < 4.78 is 4.98. The van der Waals surface area contributed by atoms with Crippen LogP contribution < -0.4 is 0 Å². The summed E-state index contributed by atoms with van der Waals surface area (Å²) in [5, 5.41) is 8.10. The summed E-state index contributed by atoms with van der Waals surface area (Å²) in [5.41, 5.74) is 0.828. The third-order valence-corrected chi connectivity index (χ3v) is 3.11. The van der Waals surface area contributed by atoms with Gasteiger partial charge in [0.05, 0.1) is 18.5 Å². The summed E-state index contributed by atoms with van der Waals surface area (Å²) in [6.07, 6.45) is 3.34. The van der Waals surface area contributed by atoms with Gasteiger partial charge in [-0.1, -0.05) is 18.2 Å². The van der Waals surface area contributed by atoms with E-state index in [9.17, 15) is 4.79 Å². The smallest absolute Gasteiger partial charge is 0.409 e. The van der Waals surface area contributed by atoms with E-state index in [1.807, 2.05) is 43.5 Å². The highest BCUT2D eigenvalue weighted by molar-refractivity contribution is 5.67. The van der Waals surface area contributed by atoms with E-state index in [2.05, 4.69) is 15.1 Å². The van der Waals surface area contributed by atoms with Gasteiger partial charge in [0.15, 0.2) is 0 Å². The monoisotopic (exact) mass is 288 g/mol. The molecule has 0 bridgehead atoms. The van der Waals surface area contributed by atoms with Crippen LogP contribution in [0, 0.1) is 0 Å². The Morgan fingerprint density at radius 2 is 1.95 bits per heavy atom. The van der Waals surface area contributed by atoms with Crippen LogP contribution in [0.25, 0.3) is 0 Å². The Morgan fingerprint density at radius 3 is 2.62 bits per heavy atom. The van der Waals surface area contributed by atoms with E-state index in [1.165, 1.54) is 0 Å². The summed E-state index contributed by atoms with van der Waals surface area (Å²) in [4.78, 5) is 15.4. The highest BCUT2D eigenvalue weighted by Crippen LogP contribution is 2.10. The van der Waals surface area contributed by atoms with E-state index in [0.29, 0.717) is 19.7 Å². The number of ether oxygens (including phenoxy) is 1. The fraction of sp³-hybridized carbons (Fsp3) is 0.400. The van der Waals surface area contributed by atoms with Crippen molar-refractivity contribution >= 4 is 11.8 Å². The van der Waals surface area contributed by atoms with Crippen molar-refractivity contribution in [3.05, 3.63) is 42.7 Å². The van der Waals surface area contributed by atoms with Crippen LogP contribution in [0.15, 0.2) is 53.0 Å². The fourth-order valence-corrected chi connectivity index (χ4v) is 1.99. The topological polar surface area (TPSA) is 57.5 Å². The Labute approximate surface area is 124 Å². The maximum atomic E-state index is 11.6. The normalized spacial score (nSPS) is 15.9. The molecule has 1 aromatic carbocycles. The molecule has 112 valence electrons. The van der Waals surface area contributed by atoms with Crippen molar-refractivity contribution in [1.82, 2.24) is 9.80 Å². The van der Waals surface area contributed by atoms with Gasteiger partial charge in [-0.15, -0.1) is 0 Å². The molecule has 0 radical (unpaired) electrons. The number of azo groups is 1. The van der Waals surface area contributed by atoms with Crippen LogP contribution in [0.5, 0.6) is 0 Å². The number of rotatable bonds is 4. The molecule has 0 saturated carbocycles. The summed E-state index contributed by atoms with van der Waals surface area (Å²) in [7, 11) is 0. The zero-order chi connectivity index (χ0) is 14.9. The van der Waals surface area contributed by atoms with Gasteiger partial charge in [-0.05, 0) is 19.1 Å². The minimum atomic E-state index is -0.232. The van der Waals surface area contributed by atoms with E-state index >= 15 is 0 Å². The molecule has 0 aromatic heterocycles. The van der Waals surface area contributed by atoms with Crippen LogP contribution in [0.1, 0.15) is 6.92 Å². The number of carbonyl (C=O) groups excluding carboxylic acids is 1. The summed E-state index contributed by atoms with van der Waals surface area (Å²) >= 11 is 0. The fourth-order valence-electron chi connectivity index (χ4n) is 1.99. The van der Waals surface area contributed by atoms with Gasteiger partial charge in [0.1, 0.15) is 0 Å². The predicted octanol–water partition coefficient (Wildman–Crippen LogP) is 3.02. The van der Waals surface area contributed by atoms with Gasteiger partial charge in [0, 0.05) is 32.4 Å². The van der Waals surface area contributed by atoms with Crippen LogP contribution in [-0.4, -0.2) is 48.7 Å². The van der Waals surface area contributed by atoms with Crippen LogP contribution in [-0.2, 0) is 4.74 Å². The minimum absolute atomic E-state index is 0.232. The van der Waals surface area contributed by atoms with Gasteiger partial charge in [-0.25, -0.2) is 4.79 Å². The second-order valence-electron chi connectivity index (χ2n) is 4.57. The van der Waals surface area contributed by atoms with Crippen LogP contribution in [0.4, 0.5) is 10.5 Å². The van der Waals surface area contributed by atoms with Gasteiger partial charge in [0.25, 0.3) is 0 Å². The molecule has 1 amide bonds. The number of piperazine rings is 1. The van der Waals surface area contributed by atoms with Gasteiger partial charge in [0.2, 0.25) is 0 Å². The number of hydrogen-bond acceptors (Lipinski definition) is 5. The summed E-state index contributed by atoms with van der Waals surface area (Å²) in [6, 6.07) is 9.59. The number of amides is 1. The maximum Gasteiger partial charge on any atom is 0.409 e. The van der Waals surface area contributed by atoms with E-state index < -0.39 is 0 Å². The molecular formula is C15H20N4O2. The van der Waals surface area contributed by atoms with Crippen molar-refractivity contribution in [2.45, 2.75) is 6.92 Å². The summed E-state index contributed by atoms with van der Waals surface area (Å²) in [6.45, 7) is 5.11. The second-order valence-corrected chi connectivity index (χ2v) is 4.57. The lowest BCUT2D eigenvalue weighted by Gasteiger charge is -2.33.